The van der Waals surface area contributed by atoms with E-state index in [4.69, 9.17) is 5.73 Å². The minimum Gasteiger partial charge on any atom is -0.393 e. The number of aliphatic hydroxyl groups is 1. The van der Waals surface area contributed by atoms with Crippen molar-refractivity contribution in [3.63, 3.8) is 0 Å². The van der Waals surface area contributed by atoms with Crippen LogP contribution in [-0.2, 0) is 5.54 Å². The molecule has 0 saturated heterocycles. The number of benzene rings is 1. The Morgan fingerprint density at radius 1 is 1.24 bits per heavy atom. The molecular weight excluding hydrogens is 224 g/mol. The second-order valence-electron chi connectivity index (χ2n) is 4.99. The number of halogens is 2. The van der Waals surface area contributed by atoms with Gasteiger partial charge in [0.25, 0.3) is 0 Å². The highest BCUT2D eigenvalue weighted by atomic mass is 19.1. The van der Waals surface area contributed by atoms with Crippen LogP contribution >= 0.6 is 0 Å². The standard InChI is InChI=1S/C13H17F2NO/c1-8-6-10(14)12(11(15)7-8)13(16)4-2-9(17)3-5-13/h6-7,9,17H,2-5,16H2,1H3. The van der Waals surface area contributed by atoms with Crippen LogP contribution in [0.1, 0.15) is 36.8 Å². The van der Waals surface area contributed by atoms with Gasteiger partial charge in [-0.3, -0.25) is 0 Å². The Morgan fingerprint density at radius 3 is 2.18 bits per heavy atom. The van der Waals surface area contributed by atoms with E-state index in [-0.39, 0.29) is 5.56 Å². The van der Waals surface area contributed by atoms with E-state index >= 15 is 0 Å². The van der Waals surface area contributed by atoms with Gasteiger partial charge in [0.05, 0.1) is 6.10 Å². The highest BCUT2D eigenvalue weighted by Crippen LogP contribution is 2.37. The molecule has 0 amide bonds. The number of hydrogen-bond acceptors (Lipinski definition) is 2. The molecule has 94 valence electrons. The number of aryl methyl sites for hydroxylation is 1. The lowest BCUT2D eigenvalue weighted by Gasteiger charge is -2.36. The van der Waals surface area contributed by atoms with Crippen LogP contribution in [0, 0.1) is 18.6 Å². The average Bonchev–Trinajstić information content (AvgIpc) is 2.21. The molecule has 0 unspecified atom stereocenters. The first kappa shape index (κ1) is 12.5. The second-order valence-corrected chi connectivity index (χ2v) is 4.99. The van der Waals surface area contributed by atoms with E-state index in [0.29, 0.717) is 31.2 Å². The lowest BCUT2D eigenvalue weighted by molar-refractivity contribution is 0.0944. The third kappa shape index (κ3) is 2.33. The third-order valence-electron chi connectivity index (χ3n) is 3.53. The number of hydrogen-bond donors (Lipinski definition) is 2. The van der Waals surface area contributed by atoms with E-state index < -0.39 is 23.3 Å². The summed E-state index contributed by atoms with van der Waals surface area (Å²) < 4.78 is 27.7. The molecule has 2 nitrogen and oxygen atoms in total. The Kier molecular flexibility index (Phi) is 3.19. The molecule has 1 aliphatic carbocycles. The van der Waals surface area contributed by atoms with Crippen molar-refractivity contribution < 1.29 is 13.9 Å². The van der Waals surface area contributed by atoms with E-state index in [9.17, 15) is 13.9 Å². The van der Waals surface area contributed by atoms with Crippen molar-refractivity contribution in [1.82, 2.24) is 0 Å². The fourth-order valence-electron chi connectivity index (χ4n) is 2.54. The van der Waals surface area contributed by atoms with Crippen LogP contribution in [-0.4, -0.2) is 11.2 Å². The lowest BCUT2D eigenvalue weighted by atomic mass is 9.76. The van der Waals surface area contributed by atoms with Gasteiger partial charge >= 0.3 is 0 Å². The summed E-state index contributed by atoms with van der Waals surface area (Å²) in [6.07, 6.45) is 1.39. The Balaban J connectivity index is 2.39. The Bertz CT molecular complexity index is 402. The SMILES string of the molecule is Cc1cc(F)c(C2(N)CCC(O)CC2)c(F)c1. The molecule has 0 bridgehead atoms. The maximum atomic E-state index is 13.9. The Labute approximate surface area is 99.4 Å². The van der Waals surface area contributed by atoms with Gasteiger partial charge < -0.3 is 10.8 Å². The number of rotatable bonds is 1. The molecule has 1 aliphatic rings. The number of nitrogens with two attached hydrogens (primary N) is 1. The Morgan fingerprint density at radius 2 is 1.71 bits per heavy atom. The minimum atomic E-state index is -0.985. The first-order chi connectivity index (χ1) is 7.92. The molecule has 17 heavy (non-hydrogen) atoms. The van der Waals surface area contributed by atoms with Crippen molar-refractivity contribution in [2.24, 2.45) is 5.73 Å². The maximum Gasteiger partial charge on any atom is 0.131 e. The van der Waals surface area contributed by atoms with Gasteiger partial charge in [0, 0.05) is 11.1 Å². The van der Waals surface area contributed by atoms with Gasteiger partial charge in [-0.2, -0.15) is 0 Å². The molecule has 0 aliphatic heterocycles. The molecule has 1 aromatic carbocycles. The minimum absolute atomic E-state index is 0.0324. The van der Waals surface area contributed by atoms with Gasteiger partial charge in [-0.1, -0.05) is 0 Å². The zero-order valence-corrected chi connectivity index (χ0v) is 9.84. The van der Waals surface area contributed by atoms with Crippen LogP contribution in [0.4, 0.5) is 8.78 Å². The van der Waals surface area contributed by atoms with Gasteiger partial charge in [0.1, 0.15) is 11.6 Å². The quantitative estimate of drug-likeness (QED) is 0.793. The molecule has 0 spiro atoms. The first-order valence-corrected chi connectivity index (χ1v) is 5.85. The summed E-state index contributed by atoms with van der Waals surface area (Å²) in [5, 5.41) is 9.43. The predicted octanol–water partition coefficient (Wildman–Crippen LogP) is 2.36. The topological polar surface area (TPSA) is 46.2 Å². The van der Waals surface area contributed by atoms with Crippen LogP contribution in [0.5, 0.6) is 0 Å². The fourth-order valence-corrected chi connectivity index (χ4v) is 2.54. The number of aliphatic hydroxyl groups excluding tert-OH is 1. The summed E-state index contributed by atoms with van der Waals surface area (Å²) in [6.45, 7) is 1.64. The van der Waals surface area contributed by atoms with Crippen molar-refractivity contribution in [2.75, 3.05) is 0 Å². The van der Waals surface area contributed by atoms with Gasteiger partial charge in [-0.25, -0.2) is 8.78 Å². The van der Waals surface area contributed by atoms with Crippen LogP contribution in [0.3, 0.4) is 0 Å². The summed E-state index contributed by atoms with van der Waals surface area (Å²) in [4.78, 5) is 0. The van der Waals surface area contributed by atoms with Crippen molar-refractivity contribution in [2.45, 2.75) is 44.2 Å². The normalized spacial score (nSPS) is 29.4. The molecule has 3 N–H and O–H groups in total. The molecule has 2 rings (SSSR count). The summed E-state index contributed by atoms with van der Waals surface area (Å²) in [5.74, 6) is -1.16. The lowest BCUT2D eigenvalue weighted by Crippen LogP contribution is -2.43. The monoisotopic (exact) mass is 241 g/mol. The molecule has 0 aromatic heterocycles. The van der Waals surface area contributed by atoms with Gasteiger partial charge in [0.2, 0.25) is 0 Å². The van der Waals surface area contributed by atoms with Gasteiger partial charge in [0.15, 0.2) is 0 Å². The van der Waals surface area contributed by atoms with Gasteiger partial charge in [-0.05, 0) is 50.3 Å². The van der Waals surface area contributed by atoms with Crippen molar-refractivity contribution >= 4 is 0 Å². The predicted molar refractivity (Wildman–Crippen MR) is 61.4 cm³/mol. The summed E-state index contributed by atoms with van der Waals surface area (Å²) in [7, 11) is 0. The largest absolute Gasteiger partial charge is 0.393 e. The van der Waals surface area contributed by atoms with E-state index in [2.05, 4.69) is 0 Å². The molecule has 1 saturated carbocycles. The van der Waals surface area contributed by atoms with Crippen molar-refractivity contribution in [1.29, 1.82) is 0 Å². The van der Waals surface area contributed by atoms with E-state index in [1.54, 1.807) is 6.92 Å². The van der Waals surface area contributed by atoms with Crippen LogP contribution in [0.15, 0.2) is 12.1 Å². The van der Waals surface area contributed by atoms with Crippen molar-refractivity contribution in [3.05, 3.63) is 34.9 Å². The average molecular weight is 241 g/mol. The van der Waals surface area contributed by atoms with Crippen LogP contribution < -0.4 is 5.73 Å². The van der Waals surface area contributed by atoms with E-state index in [0.717, 1.165) is 0 Å². The van der Waals surface area contributed by atoms with E-state index in [1.807, 2.05) is 0 Å². The molecule has 0 radical (unpaired) electrons. The highest BCUT2D eigenvalue weighted by Gasteiger charge is 2.37. The summed E-state index contributed by atoms with van der Waals surface area (Å²) in [5.41, 5.74) is 5.63. The molecular formula is C13H17F2NO. The second kappa shape index (κ2) is 4.35. The zero-order valence-electron chi connectivity index (χ0n) is 9.84. The smallest absolute Gasteiger partial charge is 0.131 e. The molecule has 4 heteroatoms. The van der Waals surface area contributed by atoms with Crippen LogP contribution in [0.2, 0.25) is 0 Å². The third-order valence-corrected chi connectivity index (χ3v) is 3.53. The first-order valence-electron chi connectivity index (χ1n) is 5.85. The highest BCUT2D eigenvalue weighted by molar-refractivity contribution is 5.31. The zero-order chi connectivity index (χ0) is 12.6. The fraction of sp³-hybridized carbons (Fsp3) is 0.538. The van der Waals surface area contributed by atoms with Crippen LogP contribution in [0.25, 0.3) is 0 Å². The molecule has 0 heterocycles. The van der Waals surface area contributed by atoms with E-state index in [1.165, 1.54) is 12.1 Å². The molecule has 1 fully saturated rings. The summed E-state index contributed by atoms with van der Waals surface area (Å²) in [6, 6.07) is 2.61. The van der Waals surface area contributed by atoms with Crippen molar-refractivity contribution in [3.8, 4) is 0 Å². The maximum absolute atomic E-state index is 13.9. The summed E-state index contributed by atoms with van der Waals surface area (Å²) >= 11 is 0. The molecule has 0 atom stereocenters. The van der Waals surface area contributed by atoms with Gasteiger partial charge in [-0.15, -0.1) is 0 Å². The molecule has 1 aromatic rings. The Hall–Kier alpha value is -1.00.